The van der Waals surface area contributed by atoms with Crippen LogP contribution >= 0.6 is 11.8 Å². The highest BCUT2D eigenvalue weighted by atomic mass is 32.2. The summed E-state index contributed by atoms with van der Waals surface area (Å²) in [5.41, 5.74) is 3.80. The first-order valence-electron chi connectivity index (χ1n) is 10.8. The van der Waals surface area contributed by atoms with E-state index < -0.39 is 9.84 Å². The number of rotatable bonds is 10. The number of H-pyrrole nitrogens is 1. The maximum atomic E-state index is 11.5. The predicted molar refractivity (Wildman–Crippen MR) is 133 cm³/mol. The number of thioether (sulfide) groups is 1. The van der Waals surface area contributed by atoms with Gasteiger partial charge in [0.15, 0.2) is 9.84 Å². The molecule has 4 aromatic rings. The lowest BCUT2D eigenvalue weighted by atomic mass is 10.1. The number of aromatic amines is 1. The Morgan fingerprint density at radius 2 is 1.82 bits per heavy atom. The van der Waals surface area contributed by atoms with Crippen LogP contribution in [0.15, 0.2) is 64.6 Å². The number of nitrogens with one attached hydrogen (secondary N) is 1. The second-order valence-electron chi connectivity index (χ2n) is 7.69. The molecule has 11 heteroatoms. The van der Waals surface area contributed by atoms with Gasteiger partial charge in [0.2, 0.25) is 11.0 Å². The number of sulfone groups is 1. The highest BCUT2D eigenvalue weighted by Gasteiger charge is 2.15. The molecule has 178 valence electrons. The number of nitrogen functional groups attached to an aromatic ring is 1. The van der Waals surface area contributed by atoms with Gasteiger partial charge in [0.05, 0.1) is 17.2 Å². The van der Waals surface area contributed by atoms with E-state index >= 15 is 0 Å². The third-order valence-electron chi connectivity index (χ3n) is 5.18. The lowest BCUT2D eigenvalue weighted by molar-refractivity contribution is 0.318. The molecule has 0 fully saturated rings. The summed E-state index contributed by atoms with van der Waals surface area (Å²) < 4.78 is 30.2. The molecule has 0 aliphatic heterocycles. The van der Waals surface area contributed by atoms with Gasteiger partial charge < -0.3 is 10.6 Å². The molecule has 2 aromatic heterocycles. The number of aryl methyl sites for hydroxylation is 1. The third-order valence-corrected chi connectivity index (χ3v) is 7.34. The molecule has 0 saturated heterocycles. The number of nitrogens with zero attached hydrogens (tertiary/aromatic N) is 4. The largest absolute Gasteiger partial charge is 0.494 e. The van der Waals surface area contributed by atoms with Gasteiger partial charge in [0, 0.05) is 17.6 Å². The summed E-state index contributed by atoms with van der Waals surface area (Å²) in [6.45, 7) is 2.61. The van der Waals surface area contributed by atoms with Crippen molar-refractivity contribution >= 4 is 21.6 Å². The van der Waals surface area contributed by atoms with Crippen LogP contribution in [0.2, 0.25) is 0 Å². The van der Waals surface area contributed by atoms with Gasteiger partial charge in [0.25, 0.3) is 0 Å². The minimum Gasteiger partial charge on any atom is -0.494 e. The van der Waals surface area contributed by atoms with E-state index in [-0.39, 0.29) is 4.90 Å². The first-order chi connectivity index (χ1) is 16.3. The second-order valence-corrected chi connectivity index (χ2v) is 10.8. The Morgan fingerprint density at radius 3 is 2.50 bits per heavy atom. The normalized spacial score (nSPS) is 11.6. The monoisotopic (exact) mass is 498 g/mol. The van der Waals surface area contributed by atoms with Crippen molar-refractivity contribution in [2.75, 3.05) is 24.5 Å². The van der Waals surface area contributed by atoms with Crippen LogP contribution in [0.4, 0.5) is 0 Å². The topological polar surface area (TPSA) is 129 Å². The van der Waals surface area contributed by atoms with Gasteiger partial charge in [-0.25, -0.2) is 13.1 Å². The van der Waals surface area contributed by atoms with E-state index in [1.807, 2.05) is 6.07 Å². The van der Waals surface area contributed by atoms with E-state index in [4.69, 9.17) is 10.6 Å². The number of nitrogens with two attached hydrogens (primary N) is 1. The van der Waals surface area contributed by atoms with Gasteiger partial charge in [-0.1, -0.05) is 43.0 Å². The van der Waals surface area contributed by atoms with Gasteiger partial charge in [-0.2, -0.15) is 5.10 Å². The Morgan fingerprint density at radius 1 is 1.09 bits per heavy atom. The van der Waals surface area contributed by atoms with Gasteiger partial charge in [-0.05, 0) is 48.7 Å². The van der Waals surface area contributed by atoms with E-state index in [1.54, 1.807) is 24.3 Å². The Kier molecular flexibility index (Phi) is 7.23. The summed E-state index contributed by atoms with van der Waals surface area (Å²) in [4.78, 5) is 0.271. The molecule has 0 amide bonds. The zero-order valence-electron chi connectivity index (χ0n) is 18.9. The van der Waals surface area contributed by atoms with Crippen molar-refractivity contribution in [2.24, 2.45) is 0 Å². The van der Waals surface area contributed by atoms with Gasteiger partial charge in [-0.3, -0.25) is 5.10 Å². The van der Waals surface area contributed by atoms with Crippen molar-refractivity contribution in [2.45, 2.75) is 29.8 Å². The zero-order chi connectivity index (χ0) is 24.1. The first kappa shape index (κ1) is 23.8. The van der Waals surface area contributed by atoms with Crippen LogP contribution in [0.1, 0.15) is 18.9 Å². The van der Waals surface area contributed by atoms with Crippen molar-refractivity contribution in [3.05, 3.63) is 60.2 Å². The summed E-state index contributed by atoms with van der Waals surface area (Å²) in [6.07, 6.45) is 2.92. The van der Waals surface area contributed by atoms with Crippen molar-refractivity contribution in [3.8, 4) is 28.5 Å². The molecule has 0 aliphatic rings. The van der Waals surface area contributed by atoms with E-state index in [9.17, 15) is 8.42 Å². The minimum absolute atomic E-state index is 0.271. The highest BCUT2D eigenvalue weighted by molar-refractivity contribution is 7.99. The molecule has 0 radical (unpaired) electrons. The third kappa shape index (κ3) is 5.60. The van der Waals surface area contributed by atoms with Crippen molar-refractivity contribution in [1.29, 1.82) is 0 Å². The molecule has 4 rings (SSSR count). The second kappa shape index (κ2) is 10.3. The Labute approximate surface area is 202 Å². The van der Waals surface area contributed by atoms with Crippen molar-refractivity contribution in [3.63, 3.8) is 0 Å². The standard InChI is InChI=1S/C23H26N6O3S2/c1-3-16-5-7-17(8-6-16)20-15-21(26-25-20)22-27-28-23(29(22)24)33-14-4-13-32-18-9-11-19(12-10-18)34(2,30)31/h5-12,15H,3-4,13-14,24H2,1-2H3,(H,25,26). The molecule has 0 bridgehead atoms. The van der Waals surface area contributed by atoms with E-state index in [0.717, 1.165) is 29.9 Å². The Balaban J connectivity index is 1.29. The van der Waals surface area contributed by atoms with Crippen LogP contribution in [0, 0.1) is 0 Å². The van der Waals surface area contributed by atoms with Crippen LogP contribution in [0.5, 0.6) is 5.75 Å². The van der Waals surface area contributed by atoms with Crippen LogP contribution in [-0.4, -0.2) is 52.1 Å². The minimum atomic E-state index is -3.21. The molecule has 0 atom stereocenters. The fourth-order valence-corrected chi connectivity index (χ4v) is 4.65. The van der Waals surface area contributed by atoms with Gasteiger partial charge >= 0.3 is 0 Å². The van der Waals surface area contributed by atoms with Crippen LogP contribution in [0.3, 0.4) is 0 Å². The maximum Gasteiger partial charge on any atom is 0.210 e. The van der Waals surface area contributed by atoms with Crippen LogP contribution < -0.4 is 10.6 Å². The van der Waals surface area contributed by atoms with E-state index in [2.05, 4.69) is 51.6 Å². The number of benzene rings is 2. The Bertz CT molecular complexity index is 1350. The molecule has 0 unspecified atom stereocenters. The fourth-order valence-electron chi connectivity index (χ4n) is 3.25. The molecule has 34 heavy (non-hydrogen) atoms. The lowest BCUT2D eigenvalue weighted by Gasteiger charge is -2.07. The predicted octanol–water partition coefficient (Wildman–Crippen LogP) is 3.58. The fraction of sp³-hybridized carbons (Fsp3) is 0.261. The summed E-state index contributed by atoms with van der Waals surface area (Å²) in [5, 5.41) is 16.4. The average Bonchev–Trinajstić information content (AvgIpc) is 3.46. The summed E-state index contributed by atoms with van der Waals surface area (Å²) in [5.74, 6) is 8.08. The van der Waals surface area contributed by atoms with Crippen LogP contribution in [0.25, 0.3) is 22.8 Å². The molecular weight excluding hydrogens is 472 g/mol. The number of ether oxygens (including phenoxy) is 1. The Hall–Kier alpha value is -3.31. The molecule has 0 spiro atoms. The molecule has 0 aliphatic carbocycles. The van der Waals surface area contributed by atoms with Crippen molar-refractivity contribution in [1.82, 2.24) is 25.1 Å². The van der Waals surface area contributed by atoms with Gasteiger partial charge in [0.1, 0.15) is 11.4 Å². The van der Waals surface area contributed by atoms with E-state index in [0.29, 0.717) is 29.0 Å². The quantitative estimate of drug-likeness (QED) is 0.193. The smallest absolute Gasteiger partial charge is 0.210 e. The SMILES string of the molecule is CCc1ccc(-c2cc(-c3nnc(SCCCOc4ccc(S(C)(=O)=O)cc4)n3N)[nH]n2)cc1. The maximum absolute atomic E-state index is 11.5. The van der Waals surface area contributed by atoms with Gasteiger partial charge in [-0.15, -0.1) is 10.2 Å². The molecule has 2 heterocycles. The number of hydrogen-bond acceptors (Lipinski definition) is 8. The molecule has 3 N–H and O–H groups in total. The molecule has 9 nitrogen and oxygen atoms in total. The lowest BCUT2D eigenvalue weighted by Crippen LogP contribution is -2.12. The summed E-state index contributed by atoms with van der Waals surface area (Å²) in [7, 11) is -3.21. The number of aromatic nitrogens is 5. The molecule has 0 saturated carbocycles. The zero-order valence-corrected chi connectivity index (χ0v) is 20.6. The van der Waals surface area contributed by atoms with Crippen LogP contribution in [-0.2, 0) is 16.3 Å². The van der Waals surface area contributed by atoms with E-state index in [1.165, 1.54) is 28.3 Å². The highest BCUT2D eigenvalue weighted by Crippen LogP contribution is 2.25. The first-order valence-corrected chi connectivity index (χ1v) is 13.6. The summed E-state index contributed by atoms with van der Waals surface area (Å²) >= 11 is 1.48. The average molecular weight is 499 g/mol. The molecular formula is C23H26N6O3S2. The molecule has 2 aromatic carbocycles. The summed E-state index contributed by atoms with van der Waals surface area (Å²) in [6, 6.07) is 16.6. The van der Waals surface area contributed by atoms with Crippen molar-refractivity contribution < 1.29 is 13.2 Å². The number of hydrogen-bond donors (Lipinski definition) is 2.